The van der Waals surface area contributed by atoms with E-state index in [2.05, 4.69) is 28.0 Å². The van der Waals surface area contributed by atoms with Gasteiger partial charge in [-0.2, -0.15) is 5.10 Å². The molecule has 0 aromatic carbocycles. The zero-order valence-electron chi connectivity index (χ0n) is 11.5. The fourth-order valence-electron chi connectivity index (χ4n) is 2.04. The summed E-state index contributed by atoms with van der Waals surface area (Å²) in [6.45, 7) is 7.94. The van der Waals surface area contributed by atoms with Gasteiger partial charge in [0, 0.05) is 25.2 Å². The molecule has 0 bridgehead atoms. The molecule has 1 N–H and O–H groups in total. The molecular weight excluding hydrogens is 240 g/mol. The lowest BCUT2D eigenvalue weighted by Crippen LogP contribution is -2.16. The molecule has 2 aromatic rings. The molecule has 0 aliphatic heterocycles. The van der Waals surface area contributed by atoms with Gasteiger partial charge in [-0.05, 0) is 31.5 Å². The van der Waals surface area contributed by atoms with E-state index in [0.717, 1.165) is 36.2 Å². The summed E-state index contributed by atoms with van der Waals surface area (Å²) in [5.74, 6) is 0. The number of rotatable bonds is 7. The number of aryl methyl sites for hydroxylation is 2. The summed E-state index contributed by atoms with van der Waals surface area (Å²) in [6, 6.07) is 2.15. The van der Waals surface area contributed by atoms with Crippen LogP contribution in [0.15, 0.2) is 25.1 Å². The molecule has 0 spiro atoms. The van der Waals surface area contributed by atoms with E-state index < -0.39 is 0 Å². The molecule has 0 atom stereocenters. The SMILES string of the molecule is C=COCCCNCc1cnc2c(c1)c(C)nn2C. The van der Waals surface area contributed by atoms with E-state index in [9.17, 15) is 0 Å². The van der Waals surface area contributed by atoms with Crippen LogP contribution in [-0.2, 0) is 18.3 Å². The lowest BCUT2D eigenvalue weighted by atomic mass is 10.2. The van der Waals surface area contributed by atoms with Gasteiger partial charge in [0.25, 0.3) is 0 Å². The van der Waals surface area contributed by atoms with E-state index in [4.69, 9.17) is 4.74 Å². The van der Waals surface area contributed by atoms with Gasteiger partial charge >= 0.3 is 0 Å². The molecule has 0 aliphatic rings. The minimum absolute atomic E-state index is 0.704. The highest BCUT2D eigenvalue weighted by molar-refractivity contribution is 5.78. The highest BCUT2D eigenvalue weighted by Crippen LogP contribution is 2.16. The molecule has 0 unspecified atom stereocenters. The van der Waals surface area contributed by atoms with Crippen molar-refractivity contribution in [2.45, 2.75) is 19.9 Å². The molecular formula is C14H20N4O. The van der Waals surface area contributed by atoms with E-state index in [0.29, 0.717) is 6.61 Å². The van der Waals surface area contributed by atoms with Crippen molar-refractivity contribution >= 4 is 11.0 Å². The van der Waals surface area contributed by atoms with Crippen LogP contribution in [0, 0.1) is 6.92 Å². The Kier molecular flexibility index (Phi) is 4.52. The first-order valence-electron chi connectivity index (χ1n) is 6.44. The smallest absolute Gasteiger partial charge is 0.157 e. The van der Waals surface area contributed by atoms with Crippen molar-refractivity contribution in [2.24, 2.45) is 7.05 Å². The monoisotopic (exact) mass is 260 g/mol. The van der Waals surface area contributed by atoms with Crippen LogP contribution in [0.3, 0.4) is 0 Å². The van der Waals surface area contributed by atoms with E-state index in [1.807, 2.05) is 24.9 Å². The van der Waals surface area contributed by atoms with Crippen molar-refractivity contribution in [1.29, 1.82) is 0 Å². The largest absolute Gasteiger partial charge is 0.502 e. The zero-order chi connectivity index (χ0) is 13.7. The van der Waals surface area contributed by atoms with Gasteiger partial charge in [0.2, 0.25) is 0 Å². The normalized spacial score (nSPS) is 10.8. The molecule has 5 nitrogen and oxygen atoms in total. The van der Waals surface area contributed by atoms with Crippen LogP contribution >= 0.6 is 0 Å². The molecule has 0 amide bonds. The molecule has 0 fully saturated rings. The van der Waals surface area contributed by atoms with Crippen molar-refractivity contribution in [3.8, 4) is 0 Å². The van der Waals surface area contributed by atoms with E-state index in [1.165, 1.54) is 11.8 Å². The van der Waals surface area contributed by atoms with Gasteiger partial charge in [-0.1, -0.05) is 6.58 Å². The number of hydrogen-bond donors (Lipinski definition) is 1. The van der Waals surface area contributed by atoms with Crippen LogP contribution < -0.4 is 5.32 Å². The van der Waals surface area contributed by atoms with Gasteiger partial charge in [0.15, 0.2) is 5.65 Å². The average molecular weight is 260 g/mol. The Morgan fingerprint density at radius 2 is 2.37 bits per heavy atom. The molecule has 0 aliphatic carbocycles. The topological polar surface area (TPSA) is 52.0 Å². The fourth-order valence-corrected chi connectivity index (χ4v) is 2.04. The number of fused-ring (bicyclic) bond motifs is 1. The van der Waals surface area contributed by atoms with Crippen LogP contribution in [0.4, 0.5) is 0 Å². The Balaban J connectivity index is 1.91. The van der Waals surface area contributed by atoms with Crippen LogP contribution in [0.5, 0.6) is 0 Å². The maximum absolute atomic E-state index is 5.06. The van der Waals surface area contributed by atoms with Crippen molar-refractivity contribution < 1.29 is 4.74 Å². The predicted molar refractivity (Wildman–Crippen MR) is 75.7 cm³/mol. The van der Waals surface area contributed by atoms with Gasteiger partial charge in [-0.3, -0.25) is 4.68 Å². The molecule has 2 aromatic heterocycles. The highest BCUT2D eigenvalue weighted by atomic mass is 16.5. The molecule has 102 valence electrons. The number of ether oxygens (including phenoxy) is 1. The lowest BCUT2D eigenvalue weighted by molar-refractivity contribution is 0.244. The molecule has 0 saturated carbocycles. The summed E-state index contributed by atoms with van der Waals surface area (Å²) in [6.07, 6.45) is 4.34. The van der Waals surface area contributed by atoms with Crippen molar-refractivity contribution in [1.82, 2.24) is 20.1 Å². The second-order valence-electron chi connectivity index (χ2n) is 4.49. The van der Waals surface area contributed by atoms with Gasteiger partial charge in [0.1, 0.15) is 0 Å². The quantitative estimate of drug-likeness (QED) is 0.610. The second-order valence-corrected chi connectivity index (χ2v) is 4.49. The number of nitrogens with zero attached hydrogens (tertiary/aromatic N) is 3. The molecule has 0 radical (unpaired) electrons. The van der Waals surface area contributed by atoms with Gasteiger partial charge < -0.3 is 10.1 Å². The molecule has 19 heavy (non-hydrogen) atoms. The fraction of sp³-hybridized carbons (Fsp3) is 0.429. The molecule has 2 rings (SSSR count). The highest BCUT2D eigenvalue weighted by Gasteiger charge is 2.06. The molecule has 5 heteroatoms. The minimum atomic E-state index is 0.704. The third-order valence-corrected chi connectivity index (χ3v) is 2.98. The van der Waals surface area contributed by atoms with Crippen LogP contribution in [-0.4, -0.2) is 27.9 Å². The third-order valence-electron chi connectivity index (χ3n) is 2.98. The third kappa shape index (κ3) is 3.32. The minimum Gasteiger partial charge on any atom is -0.502 e. The Morgan fingerprint density at radius 3 is 3.16 bits per heavy atom. The summed E-state index contributed by atoms with van der Waals surface area (Å²) in [4.78, 5) is 4.45. The predicted octanol–water partition coefficient (Wildman–Crippen LogP) is 1.92. The Hall–Kier alpha value is -1.88. The second kappa shape index (κ2) is 6.33. The molecule has 0 saturated heterocycles. The first kappa shape index (κ1) is 13.5. The van der Waals surface area contributed by atoms with Gasteiger partial charge in [-0.25, -0.2) is 4.98 Å². The number of nitrogens with one attached hydrogen (secondary N) is 1. The molecule has 2 heterocycles. The van der Waals surface area contributed by atoms with Crippen molar-refractivity contribution in [3.05, 3.63) is 36.4 Å². The standard InChI is InChI=1S/C14H20N4O/c1-4-19-7-5-6-15-9-12-8-13-11(2)17-18(3)14(13)16-10-12/h4,8,10,15H,1,5-7,9H2,2-3H3. The lowest BCUT2D eigenvalue weighted by Gasteiger charge is -2.05. The average Bonchev–Trinajstić information content (AvgIpc) is 2.69. The Bertz CT molecular complexity index is 562. The summed E-state index contributed by atoms with van der Waals surface area (Å²) < 4.78 is 6.88. The maximum Gasteiger partial charge on any atom is 0.157 e. The summed E-state index contributed by atoms with van der Waals surface area (Å²) in [7, 11) is 1.92. The number of aromatic nitrogens is 3. The Morgan fingerprint density at radius 1 is 1.53 bits per heavy atom. The van der Waals surface area contributed by atoms with Gasteiger partial charge in [-0.15, -0.1) is 0 Å². The van der Waals surface area contributed by atoms with Crippen molar-refractivity contribution in [2.75, 3.05) is 13.2 Å². The van der Waals surface area contributed by atoms with Crippen molar-refractivity contribution in [3.63, 3.8) is 0 Å². The number of hydrogen-bond acceptors (Lipinski definition) is 4. The summed E-state index contributed by atoms with van der Waals surface area (Å²) in [5, 5.41) is 8.86. The first-order chi connectivity index (χ1) is 9.22. The van der Waals surface area contributed by atoms with E-state index in [1.54, 1.807) is 0 Å². The Labute approximate surface area is 113 Å². The van der Waals surface area contributed by atoms with Crippen LogP contribution in [0.25, 0.3) is 11.0 Å². The van der Waals surface area contributed by atoms with E-state index in [-0.39, 0.29) is 0 Å². The summed E-state index contributed by atoms with van der Waals surface area (Å²) >= 11 is 0. The first-order valence-corrected chi connectivity index (χ1v) is 6.44. The van der Waals surface area contributed by atoms with Crippen LogP contribution in [0.1, 0.15) is 17.7 Å². The van der Waals surface area contributed by atoms with E-state index >= 15 is 0 Å². The maximum atomic E-state index is 5.06. The zero-order valence-corrected chi connectivity index (χ0v) is 11.5. The van der Waals surface area contributed by atoms with Crippen LogP contribution in [0.2, 0.25) is 0 Å². The number of pyridine rings is 1. The van der Waals surface area contributed by atoms with Gasteiger partial charge in [0.05, 0.1) is 18.6 Å². The summed E-state index contributed by atoms with van der Waals surface area (Å²) in [5.41, 5.74) is 3.13.